The Morgan fingerprint density at radius 1 is 1.43 bits per heavy atom. The van der Waals surface area contributed by atoms with Gasteiger partial charge < -0.3 is 10.6 Å². The van der Waals surface area contributed by atoms with Gasteiger partial charge in [-0.3, -0.25) is 4.79 Å². The Balaban J connectivity index is 0.00000264. The molecule has 0 spiro atoms. The van der Waals surface area contributed by atoms with Crippen molar-refractivity contribution in [3.8, 4) is 0 Å². The standard InChI is InChI=1S/C14H20BrN3O3S.ClH/c1-9-6-13(17-11(3)19)12(15)7-14(9)22(20,21)18-5-4-16-10(2)8-18;/h6-7,10,16H,4-5,8H2,1-3H3,(H,17,19);1H. The number of nitrogens with zero attached hydrogens (tertiary/aromatic N) is 1. The predicted molar refractivity (Wildman–Crippen MR) is 96.7 cm³/mol. The molecule has 1 heterocycles. The predicted octanol–water partition coefficient (Wildman–Crippen LogP) is 2.12. The van der Waals surface area contributed by atoms with Crippen molar-refractivity contribution >= 4 is 50.0 Å². The molecule has 0 aromatic heterocycles. The highest BCUT2D eigenvalue weighted by molar-refractivity contribution is 9.10. The SMILES string of the molecule is CC(=O)Nc1cc(C)c(S(=O)(=O)N2CCNC(C)C2)cc1Br.Cl. The summed E-state index contributed by atoms with van der Waals surface area (Å²) in [6.07, 6.45) is 0. The van der Waals surface area contributed by atoms with Crippen LogP contribution >= 0.6 is 28.3 Å². The van der Waals surface area contributed by atoms with E-state index in [1.165, 1.54) is 11.2 Å². The number of hydrogen-bond donors (Lipinski definition) is 2. The van der Waals surface area contributed by atoms with E-state index in [2.05, 4.69) is 26.6 Å². The number of hydrogen-bond acceptors (Lipinski definition) is 4. The quantitative estimate of drug-likeness (QED) is 0.776. The largest absolute Gasteiger partial charge is 0.325 e. The zero-order valence-corrected chi connectivity index (χ0v) is 16.4. The maximum Gasteiger partial charge on any atom is 0.243 e. The van der Waals surface area contributed by atoms with Crippen LogP contribution in [-0.2, 0) is 14.8 Å². The second kappa shape index (κ2) is 7.94. The Kier molecular flexibility index (Phi) is 7.03. The molecule has 1 atom stereocenters. The van der Waals surface area contributed by atoms with Crippen LogP contribution in [-0.4, -0.2) is 44.3 Å². The number of aryl methyl sites for hydroxylation is 1. The second-order valence-corrected chi connectivity index (χ2v) is 8.26. The molecule has 0 bridgehead atoms. The van der Waals surface area contributed by atoms with Crippen LogP contribution in [0.5, 0.6) is 0 Å². The van der Waals surface area contributed by atoms with Crippen molar-refractivity contribution < 1.29 is 13.2 Å². The van der Waals surface area contributed by atoms with Gasteiger partial charge >= 0.3 is 0 Å². The highest BCUT2D eigenvalue weighted by Gasteiger charge is 2.30. The molecule has 1 aliphatic rings. The fourth-order valence-electron chi connectivity index (χ4n) is 2.48. The normalized spacial score (nSPS) is 19.0. The molecule has 1 unspecified atom stereocenters. The number of amides is 1. The summed E-state index contributed by atoms with van der Waals surface area (Å²) < 4.78 is 27.7. The molecule has 1 aromatic carbocycles. The van der Waals surface area contributed by atoms with Gasteiger partial charge in [-0.05, 0) is 47.5 Å². The fraction of sp³-hybridized carbons (Fsp3) is 0.500. The lowest BCUT2D eigenvalue weighted by atomic mass is 10.2. The number of carbonyl (C=O) groups excluding carboxylic acids is 1. The monoisotopic (exact) mass is 425 g/mol. The fourth-order valence-corrected chi connectivity index (χ4v) is 4.84. The van der Waals surface area contributed by atoms with Crippen molar-refractivity contribution in [2.45, 2.75) is 31.7 Å². The van der Waals surface area contributed by atoms with Gasteiger partial charge in [0.2, 0.25) is 15.9 Å². The van der Waals surface area contributed by atoms with Crippen LogP contribution in [0.3, 0.4) is 0 Å². The van der Waals surface area contributed by atoms with Crippen LogP contribution in [0.4, 0.5) is 5.69 Å². The second-order valence-electron chi connectivity index (χ2n) is 5.50. The van der Waals surface area contributed by atoms with E-state index in [4.69, 9.17) is 0 Å². The average molecular weight is 427 g/mol. The molecule has 23 heavy (non-hydrogen) atoms. The zero-order chi connectivity index (χ0) is 16.5. The Hall–Kier alpha value is -0.670. The van der Waals surface area contributed by atoms with Crippen LogP contribution in [0.15, 0.2) is 21.5 Å². The summed E-state index contributed by atoms with van der Waals surface area (Å²) in [7, 11) is -3.54. The molecule has 0 aliphatic carbocycles. The molecule has 0 radical (unpaired) electrons. The Labute approximate surface area is 151 Å². The number of benzene rings is 1. The molecule has 6 nitrogen and oxygen atoms in total. The third-order valence-electron chi connectivity index (χ3n) is 3.52. The summed E-state index contributed by atoms with van der Waals surface area (Å²) in [5.74, 6) is -0.202. The first kappa shape index (κ1) is 20.4. The van der Waals surface area contributed by atoms with Gasteiger partial charge in [-0.2, -0.15) is 4.31 Å². The lowest BCUT2D eigenvalue weighted by molar-refractivity contribution is -0.114. The van der Waals surface area contributed by atoms with Crippen LogP contribution in [0.2, 0.25) is 0 Å². The summed E-state index contributed by atoms with van der Waals surface area (Å²) in [6.45, 7) is 6.66. The first-order valence-electron chi connectivity index (χ1n) is 7.03. The van der Waals surface area contributed by atoms with Crippen molar-refractivity contribution in [1.29, 1.82) is 0 Å². The number of nitrogens with one attached hydrogen (secondary N) is 2. The van der Waals surface area contributed by atoms with Crippen molar-refractivity contribution in [3.63, 3.8) is 0 Å². The Bertz CT molecular complexity index is 697. The molecule has 1 aromatic rings. The molecular weight excluding hydrogens is 406 g/mol. The molecule has 1 fully saturated rings. The van der Waals surface area contributed by atoms with Gasteiger partial charge in [0, 0.05) is 37.1 Å². The van der Waals surface area contributed by atoms with E-state index in [9.17, 15) is 13.2 Å². The highest BCUT2D eigenvalue weighted by Crippen LogP contribution is 2.30. The summed E-state index contributed by atoms with van der Waals surface area (Å²) in [5.41, 5.74) is 1.18. The Morgan fingerprint density at radius 2 is 2.09 bits per heavy atom. The summed E-state index contributed by atoms with van der Waals surface area (Å²) in [4.78, 5) is 11.4. The maximum atomic E-state index is 12.8. The summed E-state index contributed by atoms with van der Waals surface area (Å²) in [6, 6.07) is 3.36. The van der Waals surface area contributed by atoms with Crippen molar-refractivity contribution in [2.24, 2.45) is 0 Å². The molecule has 2 N–H and O–H groups in total. The minimum atomic E-state index is -3.54. The summed E-state index contributed by atoms with van der Waals surface area (Å²) in [5, 5.41) is 5.90. The number of rotatable bonds is 3. The first-order valence-corrected chi connectivity index (χ1v) is 9.26. The van der Waals surface area contributed by atoms with Crippen LogP contribution < -0.4 is 10.6 Å². The van der Waals surface area contributed by atoms with E-state index in [-0.39, 0.29) is 29.3 Å². The molecule has 130 valence electrons. The smallest absolute Gasteiger partial charge is 0.243 e. The lowest BCUT2D eigenvalue weighted by Crippen LogP contribution is -2.51. The van der Waals surface area contributed by atoms with Gasteiger partial charge in [-0.15, -0.1) is 12.4 Å². The van der Waals surface area contributed by atoms with Gasteiger partial charge in [-0.1, -0.05) is 0 Å². The van der Waals surface area contributed by atoms with E-state index in [0.717, 1.165) is 0 Å². The molecular formula is C14H21BrClN3O3S. The molecule has 2 rings (SSSR count). The zero-order valence-electron chi connectivity index (χ0n) is 13.2. The first-order chi connectivity index (χ1) is 10.2. The number of piperazine rings is 1. The Morgan fingerprint density at radius 3 is 2.65 bits per heavy atom. The van der Waals surface area contributed by atoms with Gasteiger partial charge in [0.1, 0.15) is 0 Å². The molecule has 1 saturated heterocycles. The lowest BCUT2D eigenvalue weighted by Gasteiger charge is -2.31. The highest BCUT2D eigenvalue weighted by atomic mass is 79.9. The number of carbonyl (C=O) groups is 1. The van der Waals surface area contributed by atoms with E-state index < -0.39 is 10.0 Å². The van der Waals surface area contributed by atoms with Crippen LogP contribution in [0.1, 0.15) is 19.4 Å². The minimum absolute atomic E-state index is 0. The van der Waals surface area contributed by atoms with Gasteiger partial charge in [0.25, 0.3) is 0 Å². The van der Waals surface area contributed by atoms with Crippen molar-refractivity contribution in [3.05, 3.63) is 22.2 Å². The molecule has 1 amide bonds. The summed E-state index contributed by atoms with van der Waals surface area (Å²) >= 11 is 3.33. The van der Waals surface area contributed by atoms with E-state index in [1.54, 1.807) is 19.1 Å². The average Bonchev–Trinajstić information content (AvgIpc) is 2.41. The number of sulfonamides is 1. The van der Waals surface area contributed by atoms with Gasteiger partial charge in [-0.25, -0.2) is 8.42 Å². The third kappa shape index (κ3) is 4.67. The van der Waals surface area contributed by atoms with Gasteiger partial charge in [0.05, 0.1) is 10.6 Å². The van der Waals surface area contributed by atoms with E-state index in [1.807, 2.05) is 6.92 Å². The van der Waals surface area contributed by atoms with Crippen molar-refractivity contribution in [2.75, 3.05) is 25.0 Å². The van der Waals surface area contributed by atoms with Crippen LogP contribution in [0, 0.1) is 6.92 Å². The van der Waals surface area contributed by atoms with E-state index in [0.29, 0.717) is 35.4 Å². The third-order valence-corrected chi connectivity index (χ3v) is 6.19. The van der Waals surface area contributed by atoms with Crippen LogP contribution in [0.25, 0.3) is 0 Å². The molecule has 9 heteroatoms. The number of halogens is 2. The van der Waals surface area contributed by atoms with Crippen molar-refractivity contribution in [1.82, 2.24) is 9.62 Å². The number of anilines is 1. The minimum Gasteiger partial charge on any atom is -0.325 e. The maximum absolute atomic E-state index is 12.8. The van der Waals surface area contributed by atoms with E-state index >= 15 is 0 Å². The topological polar surface area (TPSA) is 78.5 Å². The molecule has 1 aliphatic heterocycles. The van der Waals surface area contributed by atoms with Gasteiger partial charge in [0.15, 0.2) is 0 Å². The molecule has 0 saturated carbocycles.